The van der Waals surface area contributed by atoms with Crippen LogP contribution >= 0.6 is 34.9 Å². The number of hydrogen-bond donors (Lipinski definition) is 3. The van der Waals surface area contributed by atoms with Crippen molar-refractivity contribution in [3.8, 4) is 0 Å². The van der Waals surface area contributed by atoms with Gasteiger partial charge in [0.2, 0.25) is 11.0 Å². The molecule has 0 atom stereocenters. The highest BCUT2D eigenvalue weighted by atomic mass is 32.2. The van der Waals surface area contributed by atoms with Crippen LogP contribution in [0.25, 0.3) is 21.9 Å². The van der Waals surface area contributed by atoms with Gasteiger partial charge in [-0.15, -0.1) is 10.2 Å². The Morgan fingerprint density at radius 1 is 0.951 bits per heavy atom. The van der Waals surface area contributed by atoms with Gasteiger partial charge in [0.1, 0.15) is 27.7 Å². The summed E-state index contributed by atoms with van der Waals surface area (Å²) in [6, 6.07) is 18.8. The number of furan rings is 2. The van der Waals surface area contributed by atoms with Gasteiger partial charge in [-0.1, -0.05) is 47.7 Å². The van der Waals surface area contributed by atoms with E-state index in [1.807, 2.05) is 60.7 Å². The van der Waals surface area contributed by atoms with Crippen molar-refractivity contribution in [2.45, 2.75) is 25.7 Å². The van der Waals surface area contributed by atoms with E-state index in [4.69, 9.17) is 20.0 Å². The number of hydrogen-bond acceptors (Lipinski definition) is 10. The zero-order chi connectivity index (χ0) is 28.6. The maximum atomic E-state index is 12.4. The molecule has 0 fully saturated rings. The third-order valence-corrected chi connectivity index (χ3v) is 8.36. The lowest BCUT2D eigenvalue weighted by atomic mass is 10.2. The second kappa shape index (κ2) is 13.6. The molecular formula is C28H26N6O4S3. The molecule has 5 aromatic rings. The number of aryl methyl sites for hydroxylation is 1. The summed E-state index contributed by atoms with van der Waals surface area (Å²) < 4.78 is 11.3. The molecule has 0 aliphatic carbocycles. The van der Waals surface area contributed by atoms with Gasteiger partial charge in [-0.25, -0.2) is 0 Å². The molecule has 0 bridgehead atoms. The maximum Gasteiger partial charge on any atom is 0.255 e. The smallest absolute Gasteiger partial charge is 0.255 e. The highest BCUT2D eigenvalue weighted by Crippen LogP contribution is 2.22. The highest BCUT2D eigenvalue weighted by Gasteiger charge is 2.13. The van der Waals surface area contributed by atoms with Gasteiger partial charge in [-0.2, -0.15) is 16.8 Å². The molecule has 0 radical (unpaired) electrons. The van der Waals surface area contributed by atoms with Gasteiger partial charge >= 0.3 is 0 Å². The van der Waals surface area contributed by atoms with Gasteiger partial charge in [0.05, 0.1) is 17.9 Å². The number of carbonyl (C=O) groups is 2. The molecule has 3 heterocycles. The molecule has 0 saturated carbocycles. The van der Waals surface area contributed by atoms with Crippen molar-refractivity contribution in [3.63, 3.8) is 0 Å². The summed E-state index contributed by atoms with van der Waals surface area (Å²) in [5.41, 5.74) is 7.34. The van der Waals surface area contributed by atoms with Crippen molar-refractivity contribution in [1.82, 2.24) is 10.2 Å². The van der Waals surface area contributed by atoms with Crippen molar-refractivity contribution in [2.24, 2.45) is 10.7 Å². The zero-order valence-corrected chi connectivity index (χ0v) is 24.2. The first-order valence-corrected chi connectivity index (χ1v) is 15.5. The minimum absolute atomic E-state index is 0.0113. The molecule has 10 nitrogen and oxygen atoms in total. The van der Waals surface area contributed by atoms with Crippen molar-refractivity contribution in [2.75, 3.05) is 16.8 Å². The van der Waals surface area contributed by atoms with E-state index in [-0.39, 0.29) is 23.9 Å². The summed E-state index contributed by atoms with van der Waals surface area (Å²) in [6.45, 7) is 0. The summed E-state index contributed by atoms with van der Waals surface area (Å²) in [7, 11) is 0. The van der Waals surface area contributed by atoms with Crippen LogP contribution in [0.3, 0.4) is 0 Å². The fraction of sp³-hybridized carbons (Fsp3) is 0.214. The molecule has 4 N–H and O–H groups in total. The fourth-order valence-corrected chi connectivity index (χ4v) is 6.42. The molecule has 41 heavy (non-hydrogen) atoms. The second-order valence-corrected chi connectivity index (χ2v) is 12.3. The molecule has 3 aromatic heterocycles. The molecule has 0 unspecified atom stereocenters. The molecule has 13 heteroatoms. The number of aromatic nitrogens is 2. The zero-order valence-electron chi connectivity index (χ0n) is 21.8. The summed E-state index contributed by atoms with van der Waals surface area (Å²) in [4.78, 5) is 28.5. The summed E-state index contributed by atoms with van der Waals surface area (Å²) in [5, 5.41) is 22.7. The van der Waals surface area contributed by atoms with Crippen LogP contribution in [0.15, 0.2) is 74.5 Å². The Morgan fingerprint density at radius 2 is 1.61 bits per heavy atom. The first-order valence-electron chi connectivity index (χ1n) is 12.7. The number of nitrogens with zero attached hydrogens (tertiary/aromatic N) is 3. The second-order valence-electron chi connectivity index (χ2n) is 8.89. The number of rotatable bonds is 11. The lowest BCUT2D eigenvalue weighted by Crippen LogP contribution is -2.14. The third-order valence-electron chi connectivity index (χ3n) is 5.72. The molecule has 2 aromatic carbocycles. The average Bonchev–Trinajstić information content (AvgIpc) is 3.65. The number of para-hydroxylation sites is 2. The largest absolute Gasteiger partial charge is 0.461 e. The Balaban J connectivity index is 0.969. The van der Waals surface area contributed by atoms with Crippen LogP contribution in [0, 0.1) is 5.41 Å². The number of benzene rings is 2. The van der Waals surface area contributed by atoms with E-state index in [1.165, 1.54) is 11.3 Å². The fourth-order valence-electron chi connectivity index (χ4n) is 3.91. The van der Waals surface area contributed by atoms with Gasteiger partial charge < -0.3 is 19.9 Å². The van der Waals surface area contributed by atoms with Crippen LogP contribution in [-0.4, -0.2) is 43.7 Å². The highest BCUT2D eigenvalue weighted by molar-refractivity contribution is 8.26. The minimum atomic E-state index is -0.418. The number of fused-ring (bicyclic) bond motifs is 2. The summed E-state index contributed by atoms with van der Waals surface area (Å²) >= 11 is 4.00. The quantitative estimate of drug-likeness (QED) is 0.0977. The SMILES string of the molecule is N=C(CCSCCc1nnc(NC(=O)Cc2cc3ccccc3o2)s1)SC(N)=NC(=O)Cc1cc2ccccc2o1. The van der Waals surface area contributed by atoms with Crippen LogP contribution in [0.2, 0.25) is 0 Å². The Bertz CT molecular complexity index is 1660. The topological polar surface area (TPSA) is 160 Å². The summed E-state index contributed by atoms with van der Waals surface area (Å²) in [6.07, 6.45) is 1.33. The van der Waals surface area contributed by atoms with Gasteiger partial charge in [0, 0.05) is 23.6 Å². The monoisotopic (exact) mass is 606 g/mol. The van der Waals surface area contributed by atoms with E-state index < -0.39 is 5.91 Å². The van der Waals surface area contributed by atoms with Gasteiger partial charge in [0.15, 0.2) is 5.17 Å². The third kappa shape index (κ3) is 8.28. The first kappa shape index (κ1) is 28.6. The number of nitrogens with one attached hydrogen (secondary N) is 2. The number of anilines is 1. The molecule has 0 saturated heterocycles. The van der Waals surface area contributed by atoms with Crippen LogP contribution in [0.4, 0.5) is 5.13 Å². The first-order chi connectivity index (χ1) is 19.9. The average molecular weight is 607 g/mol. The van der Waals surface area contributed by atoms with Crippen molar-refractivity contribution >= 4 is 84.0 Å². The van der Waals surface area contributed by atoms with E-state index >= 15 is 0 Å². The van der Waals surface area contributed by atoms with E-state index in [0.29, 0.717) is 45.9 Å². The molecule has 0 aliphatic rings. The van der Waals surface area contributed by atoms with E-state index in [1.54, 1.807) is 11.8 Å². The predicted octanol–water partition coefficient (Wildman–Crippen LogP) is 5.67. The van der Waals surface area contributed by atoms with Crippen LogP contribution in [0.1, 0.15) is 22.9 Å². The molecule has 2 amide bonds. The molecule has 5 rings (SSSR count). The lowest BCUT2D eigenvalue weighted by Gasteiger charge is -2.03. The Morgan fingerprint density at radius 3 is 2.29 bits per heavy atom. The number of nitrogens with two attached hydrogens (primary N) is 1. The number of thioether (sulfide) groups is 2. The maximum absolute atomic E-state index is 12.4. The Hall–Kier alpha value is -3.94. The van der Waals surface area contributed by atoms with Crippen LogP contribution in [-0.2, 0) is 28.9 Å². The van der Waals surface area contributed by atoms with Gasteiger partial charge in [0.25, 0.3) is 5.91 Å². The minimum Gasteiger partial charge on any atom is -0.461 e. The number of carbonyl (C=O) groups excluding carboxylic acids is 2. The van der Waals surface area contributed by atoms with E-state index in [0.717, 1.165) is 38.9 Å². The molecular weight excluding hydrogens is 581 g/mol. The van der Waals surface area contributed by atoms with E-state index in [9.17, 15) is 9.59 Å². The van der Waals surface area contributed by atoms with Crippen molar-refractivity contribution in [1.29, 1.82) is 5.41 Å². The van der Waals surface area contributed by atoms with Crippen LogP contribution < -0.4 is 11.1 Å². The normalized spacial score (nSPS) is 11.8. The number of amides is 2. The van der Waals surface area contributed by atoms with E-state index in [2.05, 4.69) is 20.5 Å². The number of aliphatic imine (C=N–C) groups is 1. The molecule has 210 valence electrons. The Labute approximate surface area is 247 Å². The Kier molecular flexibility index (Phi) is 9.49. The number of amidine groups is 1. The van der Waals surface area contributed by atoms with Crippen LogP contribution in [0.5, 0.6) is 0 Å². The standard InChI is InChI=1S/C28H26N6O4S3/c29-23(40-27(30)31-24(35)15-19-13-17-5-1-3-7-21(17)37-19)9-11-39-12-10-26-33-34-28(41-26)32-25(36)16-20-14-18-6-2-4-8-22(18)38-20/h1-8,13-14,29H,9-12,15-16H2,(H2,30,31,35)(H,32,34,36). The lowest BCUT2D eigenvalue weighted by molar-refractivity contribution is -0.117. The predicted molar refractivity (Wildman–Crippen MR) is 166 cm³/mol. The summed E-state index contributed by atoms with van der Waals surface area (Å²) in [5.74, 6) is 1.99. The van der Waals surface area contributed by atoms with Crippen molar-refractivity contribution in [3.05, 3.63) is 77.2 Å². The van der Waals surface area contributed by atoms with Gasteiger partial charge in [-0.05, 0) is 47.5 Å². The van der Waals surface area contributed by atoms with Crippen molar-refractivity contribution < 1.29 is 18.4 Å². The molecule has 0 spiro atoms. The molecule has 0 aliphatic heterocycles. The van der Waals surface area contributed by atoms with Gasteiger partial charge in [-0.3, -0.25) is 15.0 Å².